The first-order chi connectivity index (χ1) is 8.49. The molecule has 1 rings (SSSR count). The molecular weight excluding hydrogens is 305 g/mol. The quantitative estimate of drug-likeness (QED) is 0.179. The summed E-state index contributed by atoms with van der Waals surface area (Å²) < 4.78 is -0.125. The van der Waals surface area contributed by atoms with Crippen molar-refractivity contribution in [2.24, 2.45) is 0 Å². The van der Waals surface area contributed by atoms with E-state index in [9.17, 15) is 20.2 Å². The first kappa shape index (κ1) is 18.2. The van der Waals surface area contributed by atoms with E-state index in [1.54, 1.807) is 24.3 Å². The van der Waals surface area contributed by atoms with Crippen LogP contribution >= 0.6 is 0 Å². The number of nitro groups is 2. The average molecular weight is 314 g/mol. The van der Waals surface area contributed by atoms with Crippen LogP contribution in [0.1, 0.15) is 0 Å². The fraction of sp³-hybridized carbons (Fsp3) is 0. The fourth-order valence-corrected chi connectivity index (χ4v) is 1.45. The summed E-state index contributed by atoms with van der Waals surface area (Å²) in [4.78, 5) is 19.1. The van der Waals surface area contributed by atoms with Crippen LogP contribution in [0, 0.1) is 20.2 Å². The van der Waals surface area contributed by atoms with Gasteiger partial charge in [-0.15, -0.1) is 0 Å². The van der Waals surface area contributed by atoms with Crippen molar-refractivity contribution in [2.75, 3.05) is 0 Å². The molecule has 3 N–H and O–H groups in total. The Morgan fingerprint density at radius 1 is 1.11 bits per heavy atom. The summed E-state index contributed by atoms with van der Waals surface area (Å²) in [5.41, 5.74) is 7.70. The number of hydrogen-bond acceptors (Lipinski definition) is 7. The van der Waals surface area contributed by atoms with Gasteiger partial charge in [-0.1, -0.05) is 18.2 Å². The predicted octanol–water partition coefficient (Wildman–Crippen LogP) is 0.670. The van der Waals surface area contributed by atoms with Crippen molar-refractivity contribution in [3.05, 3.63) is 56.1 Å². The fourth-order valence-electron chi connectivity index (χ4n) is 0.626. The molecule has 0 fully saturated rings. The van der Waals surface area contributed by atoms with Gasteiger partial charge >= 0.3 is 52.8 Å². The van der Waals surface area contributed by atoms with Crippen molar-refractivity contribution in [3.63, 3.8) is 0 Å². The minimum absolute atomic E-state index is 0.322. The van der Waals surface area contributed by atoms with Crippen LogP contribution < -0.4 is 3.48 Å². The molecule has 0 saturated carbocycles. The summed E-state index contributed by atoms with van der Waals surface area (Å²) in [7, 11) is 0. The third kappa shape index (κ3) is 9.12. The van der Waals surface area contributed by atoms with Crippen LogP contribution in [-0.4, -0.2) is 23.0 Å². The molecule has 0 saturated heterocycles. The van der Waals surface area contributed by atoms with Crippen molar-refractivity contribution >= 4 is 0 Å². The second kappa shape index (κ2) is 11.4. The van der Waals surface area contributed by atoms with Crippen LogP contribution in [-0.2, 0) is 16.2 Å². The van der Waals surface area contributed by atoms with E-state index in [1.807, 2.05) is 6.07 Å². The van der Waals surface area contributed by atoms with Gasteiger partial charge in [-0.05, 0) is 12.1 Å². The number of aromatic hydroxyl groups is 1. The van der Waals surface area contributed by atoms with E-state index in [0.717, 1.165) is 0 Å². The summed E-state index contributed by atoms with van der Waals surface area (Å²) in [6, 6.07) is 8.71. The predicted molar refractivity (Wildman–Crippen MR) is 52.8 cm³/mol. The molecule has 96 valence electrons. The van der Waals surface area contributed by atoms with Crippen LogP contribution in [0.5, 0.6) is 5.75 Å². The zero-order chi connectivity index (χ0) is 14.6. The zero-order valence-corrected chi connectivity index (χ0v) is 11.8. The molecule has 0 unspecified atom stereocenters. The van der Waals surface area contributed by atoms with Gasteiger partial charge in [-0.2, -0.15) is 0 Å². The SMILES string of the molecule is OO.Oc1ccccc1.[N-]=[N+]=[Zn]([N+](=O)[O-])[N+](=O)[O-]. The molecule has 0 aromatic heterocycles. The molecule has 1 aromatic carbocycles. The molecule has 18 heavy (non-hydrogen) atoms. The van der Waals surface area contributed by atoms with Crippen LogP contribution in [0.2, 0.25) is 0 Å². The molecule has 12 heteroatoms. The average Bonchev–Trinajstić information content (AvgIpc) is 2.33. The molecule has 0 bridgehead atoms. The Hall–Kier alpha value is -2.13. The minimum atomic E-state index is -4.38. The van der Waals surface area contributed by atoms with Crippen molar-refractivity contribution in [3.8, 4) is 5.75 Å². The molecule has 0 spiro atoms. The molecular formula is C6H8N4O7Zn. The van der Waals surface area contributed by atoms with Crippen molar-refractivity contribution in [2.45, 2.75) is 0 Å². The number of phenolic OH excluding ortho intramolecular Hbond substituents is 1. The maximum atomic E-state index is 9.57. The number of benzene rings is 1. The summed E-state index contributed by atoms with van der Waals surface area (Å²) in [6.45, 7) is 0. The van der Waals surface area contributed by atoms with Gasteiger partial charge in [-0.3, -0.25) is 10.5 Å². The van der Waals surface area contributed by atoms with Gasteiger partial charge in [0.15, 0.2) is 0 Å². The number of rotatable bonds is 2. The zero-order valence-electron chi connectivity index (χ0n) is 8.86. The van der Waals surface area contributed by atoms with Crippen LogP contribution in [0.15, 0.2) is 30.3 Å². The summed E-state index contributed by atoms with van der Waals surface area (Å²) in [5, 5.41) is 39.8. The van der Waals surface area contributed by atoms with Crippen LogP contribution in [0.4, 0.5) is 0 Å². The van der Waals surface area contributed by atoms with Crippen LogP contribution in [0.3, 0.4) is 0 Å². The second-order valence-corrected chi connectivity index (χ2v) is 7.11. The summed E-state index contributed by atoms with van der Waals surface area (Å²) in [5.74, 6) is 0.322. The van der Waals surface area contributed by atoms with Gasteiger partial charge in [0.1, 0.15) is 5.75 Å². The first-order valence-corrected chi connectivity index (χ1v) is 8.19. The molecule has 0 radical (unpaired) electrons. The topological polar surface area (TPSA) is 183 Å². The summed E-state index contributed by atoms with van der Waals surface area (Å²) >= 11 is -4.38. The molecule has 11 nitrogen and oxygen atoms in total. The number of phenols is 1. The molecule has 0 atom stereocenters. The van der Waals surface area contributed by atoms with E-state index in [0.29, 0.717) is 5.75 Å². The van der Waals surface area contributed by atoms with Gasteiger partial charge in [-0.25, -0.2) is 0 Å². The molecule has 0 aliphatic heterocycles. The Morgan fingerprint density at radius 3 is 1.61 bits per heavy atom. The third-order valence-electron chi connectivity index (χ3n) is 1.34. The van der Waals surface area contributed by atoms with E-state index in [4.69, 9.17) is 21.2 Å². The molecule has 1 aromatic rings. The van der Waals surface area contributed by atoms with Crippen molar-refractivity contribution in [1.82, 2.24) is 3.48 Å². The Labute approximate surface area is 105 Å². The number of nitrogens with zero attached hydrogens (tertiary/aromatic N) is 4. The van der Waals surface area contributed by atoms with E-state index in [-0.39, 0.29) is 0 Å². The Balaban J connectivity index is 0. The van der Waals surface area contributed by atoms with Gasteiger partial charge in [0.2, 0.25) is 0 Å². The summed E-state index contributed by atoms with van der Waals surface area (Å²) in [6.07, 6.45) is 0. The van der Waals surface area contributed by atoms with E-state index in [1.165, 1.54) is 0 Å². The molecule has 0 heterocycles. The van der Waals surface area contributed by atoms with Crippen LogP contribution in [0.25, 0.3) is 5.53 Å². The molecule has 0 amide bonds. The first-order valence-electron chi connectivity index (χ1n) is 4.21. The van der Waals surface area contributed by atoms with E-state index < -0.39 is 23.6 Å². The Kier molecular flexibility index (Phi) is 11.5. The van der Waals surface area contributed by atoms with Gasteiger partial charge in [0.25, 0.3) is 0 Å². The molecule has 0 aliphatic rings. The van der Waals surface area contributed by atoms with E-state index >= 15 is 0 Å². The second-order valence-electron chi connectivity index (χ2n) is 2.57. The maximum absolute atomic E-state index is 9.57. The Bertz CT molecular complexity index is 417. The molecule has 0 aliphatic carbocycles. The Morgan fingerprint density at radius 2 is 1.50 bits per heavy atom. The van der Waals surface area contributed by atoms with E-state index in [2.05, 4.69) is 3.48 Å². The van der Waals surface area contributed by atoms with Gasteiger partial charge < -0.3 is 5.11 Å². The monoisotopic (exact) mass is 312 g/mol. The van der Waals surface area contributed by atoms with Crippen molar-refractivity contribution < 1.29 is 39.2 Å². The van der Waals surface area contributed by atoms with Gasteiger partial charge in [0.05, 0.1) is 0 Å². The normalized spacial score (nSPS) is 6.94. The van der Waals surface area contributed by atoms with Crippen molar-refractivity contribution in [1.29, 1.82) is 0 Å². The number of hydrogen-bond donors (Lipinski definition) is 3. The standard InChI is InChI=1S/C6H6O.N2.2NO2.H2O2.Zn/c7-6-4-2-1-3-5-6;1-2;2*2-1-3;1-2;/h1-5,7H;;;;1-2H;. The van der Waals surface area contributed by atoms with Gasteiger partial charge in [0, 0.05) is 0 Å². The third-order valence-corrected chi connectivity index (χ3v) is 3.81. The number of para-hydroxylation sites is 1.